The summed E-state index contributed by atoms with van der Waals surface area (Å²) in [6.45, 7) is 12.4. The Bertz CT molecular complexity index is 1190. The summed E-state index contributed by atoms with van der Waals surface area (Å²) < 4.78 is 7.70. The number of nitrogen functional groups attached to an aromatic ring is 1. The van der Waals surface area contributed by atoms with Crippen LogP contribution >= 0.6 is 0 Å². The first-order chi connectivity index (χ1) is 18.5. The molecule has 2 atom stereocenters. The second-order valence-corrected chi connectivity index (χ2v) is 10.9. The molecule has 3 aromatic rings. The van der Waals surface area contributed by atoms with Crippen molar-refractivity contribution >= 4 is 28.6 Å². The van der Waals surface area contributed by atoms with Crippen molar-refractivity contribution < 1.29 is 19.7 Å². The van der Waals surface area contributed by atoms with E-state index in [-0.39, 0.29) is 17.5 Å². The number of nitrogens with zero attached hydrogens (tertiary/aromatic N) is 4. The van der Waals surface area contributed by atoms with E-state index in [9.17, 15) is 15.0 Å². The molecule has 11 heteroatoms. The predicted octanol–water partition coefficient (Wildman–Crippen LogP) is 3.10. The summed E-state index contributed by atoms with van der Waals surface area (Å²) in [6, 6.07) is 9.68. The number of aliphatic hydroxyl groups excluding tert-OH is 2. The number of carbonyl (C=O) groups is 1. The molecule has 0 aliphatic carbocycles. The minimum atomic E-state index is -1.14. The molecule has 2 heterocycles. The van der Waals surface area contributed by atoms with Crippen LogP contribution in [-0.4, -0.2) is 80.7 Å². The number of amides is 2. The molecule has 2 aromatic heterocycles. The zero-order valence-corrected chi connectivity index (χ0v) is 23.6. The van der Waals surface area contributed by atoms with Crippen molar-refractivity contribution in [1.82, 2.24) is 24.8 Å². The molecule has 2 amide bonds. The maximum atomic E-state index is 12.3. The number of rotatable bonds is 13. The van der Waals surface area contributed by atoms with Gasteiger partial charge in [-0.2, -0.15) is 0 Å². The number of fused-ring (bicyclic) bond motifs is 1. The normalized spacial score (nSPS) is 13.7. The van der Waals surface area contributed by atoms with Gasteiger partial charge in [-0.25, -0.2) is 14.8 Å². The molecule has 6 N–H and O–H groups in total. The molecule has 0 aliphatic heterocycles. The summed E-state index contributed by atoms with van der Waals surface area (Å²) in [5.41, 5.74) is 8.49. The quantitative estimate of drug-likeness (QED) is 0.207. The van der Waals surface area contributed by atoms with Gasteiger partial charge in [0.1, 0.15) is 23.9 Å². The molecule has 214 valence electrons. The summed E-state index contributed by atoms with van der Waals surface area (Å²) in [5.74, 6) is 0.336. The molecule has 0 radical (unpaired) electrons. The third-order valence-electron chi connectivity index (χ3n) is 6.64. The molecule has 0 spiro atoms. The molecule has 3 rings (SSSR count). The van der Waals surface area contributed by atoms with E-state index in [4.69, 9.17) is 10.5 Å². The van der Waals surface area contributed by atoms with Crippen LogP contribution in [0.4, 0.5) is 16.3 Å². The third kappa shape index (κ3) is 8.37. The van der Waals surface area contributed by atoms with Crippen molar-refractivity contribution in [2.75, 3.05) is 43.9 Å². The summed E-state index contributed by atoms with van der Waals surface area (Å²) >= 11 is 0. The van der Waals surface area contributed by atoms with E-state index >= 15 is 0 Å². The highest BCUT2D eigenvalue weighted by molar-refractivity contribution is 5.89. The predicted molar refractivity (Wildman–Crippen MR) is 154 cm³/mol. The van der Waals surface area contributed by atoms with Gasteiger partial charge in [-0.05, 0) is 49.4 Å². The molecule has 1 aromatic carbocycles. The van der Waals surface area contributed by atoms with Crippen LogP contribution < -0.4 is 16.4 Å². The number of nitrogens with two attached hydrogens (primary N) is 1. The minimum Gasteiger partial charge on any atom is -0.394 e. The van der Waals surface area contributed by atoms with Gasteiger partial charge in [0.05, 0.1) is 18.6 Å². The Hall–Kier alpha value is -3.25. The second-order valence-electron chi connectivity index (χ2n) is 10.9. The lowest BCUT2D eigenvalue weighted by atomic mass is 9.87. The Morgan fingerprint density at radius 1 is 1.15 bits per heavy atom. The second kappa shape index (κ2) is 13.7. The maximum absolute atomic E-state index is 12.3. The molecular weight excluding hydrogens is 498 g/mol. The van der Waals surface area contributed by atoms with Crippen LogP contribution in [0.25, 0.3) is 11.0 Å². The van der Waals surface area contributed by atoms with Gasteiger partial charge in [-0.1, -0.05) is 32.9 Å². The fourth-order valence-corrected chi connectivity index (χ4v) is 4.29. The van der Waals surface area contributed by atoms with Crippen LogP contribution in [-0.2, 0) is 10.2 Å². The Morgan fingerprint density at radius 2 is 1.87 bits per heavy atom. The lowest BCUT2D eigenvalue weighted by Gasteiger charge is -2.29. The third-order valence-corrected chi connectivity index (χ3v) is 6.64. The fraction of sp³-hybridized carbons (Fsp3) is 0.536. The monoisotopic (exact) mass is 541 g/mol. The SMILES string of the molecule is CC(C)N(CCCNC(=O)Nc1ccc(C(C)(C)C)cc1)CCOC(C(O)CO)n1ccc2c(N)ncnc21. The van der Waals surface area contributed by atoms with Crippen LogP contribution in [0.15, 0.2) is 42.9 Å². The summed E-state index contributed by atoms with van der Waals surface area (Å²) in [7, 11) is 0. The molecule has 0 fully saturated rings. The molecule has 0 saturated heterocycles. The number of benzene rings is 1. The van der Waals surface area contributed by atoms with Gasteiger partial charge in [-0.3, -0.25) is 4.90 Å². The molecule has 0 aliphatic rings. The lowest BCUT2D eigenvalue weighted by Crippen LogP contribution is -2.38. The lowest BCUT2D eigenvalue weighted by molar-refractivity contribution is -0.100. The average Bonchev–Trinajstić information content (AvgIpc) is 3.32. The van der Waals surface area contributed by atoms with Gasteiger partial charge >= 0.3 is 6.03 Å². The maximum Gasteiger partial charge on any atom is 0.319 e. The number of hydrogen-bond donors (Lipinski definition) is 5. The molecule has 0 bridgehead atoms. The topological polar surface area (TPSA) is 151 Å². The minimum absolute atomic E-state index is 0.0633. The standard InChI is InChI=1S/C28H43N7O4/c1-19(2)34(13-6-12-30-27(38)33-21-9-7-20(8-10-21)28(3,4)5)15-16-39-26(23(37)17-36)35-14-11-22-24(29)31-18-32-25(22)35/h7-11,14,18-19,23,26,36-37H,6,12-13,15-17H2,1-5H3,(H2,29,31,32)(H2,30,33,38). The summed E-state index contributed by atoms with van der Waals surface area (Å²) in [6.07, 6.45) is 1.86. The average molecular weight is 542 g/mol. The highest BCUT2D eigenvalue weighted by atomic mass is 16.5. The number of anilines is 2. The van der Waals surface area contributed by atoms with Crippen molar-refractivity contribution in [3.8, 4) is 0 Å². The largest absolute Gasteiger partial charge is 0.394 e. The summed E-state index contributed by atoms with van der Waals surface area (Å²) in [4.78, 5) is 22.8. The van der Waals surface area contributed by atoms with E-state index in [0.29, 0.717) is 36.5 Å². The van der Waals surface area contributed by atoms with Crippen molar-refractivity contribution in [2.45, 2.75) is 64.8 Å². The van der Waals surface area contributed by atoms with Crippen LogP contribution in [0.2, 0.25) is 0 Å². The Kier molecular flexibility index (Phi) is 10.6. The number of nitrogens with one attached hydrogen (secondary N) is 2. The van der Waals surface area contributed by atoms with Gasteiger partial charge in [-0.15, -0.1) is 0 Å². The first-order valence-corrected chi connectivity index (χ1v) is 13.4. The highest BCUT2D eigenvalue weighted by Crippen LogP contribution is 2.25. The number of ether oxygens (including phenoxy) is 1. The van der Waals surface area contributed by atoms with Crippen LogP contribution in [0.3, 0.4) is 0 Å². The van der Waals surface area contributed by atoms with Gasteiger partial charge < -0.3 is 35.9 Å². The van der Waals surface area contributed by atoms with E-state index in [0.717, 1.165) is 18.7 Å². The number of aromatic nitrogens is 3. The smallest absolute Gasteiger partial charge is 0.319 e. The first-order valence-electron chi connectivity index (χ1n) is 13.4. The molecule has 39 heavy (non-hydrogen) atoms. The zero-order chi connectivity index (χ0) is 28.6. The van der Waals surface area contributed by atoms with Gasteiger partial charge in [0.2, 0.25) is 0 Å². The molecule has 2 unspecified atom stereocenters. The van der Waals surface area contributed by atoms with Gasteiger partial charge in [0, 0.05) is 37.6 Å². The van der Waals surface area contributed by atoms with Crippen molar-refractivity contribution in [1.29, 1.82) is 0 Å². The van der Waals surface area contributed by atoms with Crippen LogP contribution in [0, 0.1) is 0 Å². The van der Waals surface area contributed by atoms with Crippen molar-refractivity contribution in [2.24, 2.45) is 0 Å². The van der Waals surface area contributed by atoms with E-state index in [1.165, 1.54) is 11.9 Å². The number of urea groups is 1. The van der Waals surface area contributed by atoms with Crippen molar-refractivity contribution in [3.05, 3.63) is 48.4 Å². The molecule has 0 saturated carbocycles. The number of aliphatic hydroxyl groups is 2. The van der Waals surface area contributed by atoms with E-state index in [1.807, 2.05) is 24.3 Å². The van der Waals surface area contributed by atoms with E-state index < -0.39 is 18.9 Å². The van der Waals surface area contributed by atoms with Crippen LogP contribution in [0.5, 0.6) is 0 Å². The van der Waals surface area contributed by atoms with Crippen LogP contribution in [0.1, 0.15) is 52.8 Å². The zero-order valence-electron chi connectivity index (χ0n) is 23.6. The number of hydrogen-bond acceptors (Lipinski definition) is 8. The number of carbonyl (C=O) groups excluding carboxylic acids is 1. The Balaban J connectivity index is 1.47. The molecular formula is C28H43N7O4. The van der Waals surface area contributed by atoms with Gasteiger partial charge in [0.15, 0.2) is 6.23 Å². The first kappa shape index (κ1) is 30.3. The fourth-order valence-electron chi connectivity index (χ4n) is 4.29. The Labute approximate surface area is 230 Å². The van der Waals surface area contributed by atoms with E-state index in [1.54, 1.807) is 16.8 Å². The van der Waals surface area contributed by atoms with Crippen molar-refractivity contribution in [3.63, 3.8) is 0 Å². The molecule has 11 nitrogen and oxygen atoms in total. The summed E-state index contributed by atoms with van der Waals surface area (Å²) in [5, 5.41) is 26.5. The van der Waals surface area contributed by atoms with E-state index in [2.05, 4.69) is 60.1 Å². The van der Waals surface area contributed by atoms with Gasteiger partial charge in [0.25, 0.3) is 0 Å². The Morgan fingerprint density at radius 3 is 2.51 bits per heavy atom. The highest BCUT2D eigenvalue weighted by Gasteiger charge is 2.24.